The Kier molecular flexibility index (Phi) is 5.90. The Balaban J connectivity index is 2.62. The van der Waals surface area contributed by atoms with E-state index in [1.807, 2.05) is 31.2 Å². The Labute approximate surface area is 97.6 Å². The quantitative estimate of drug-likeness (QED) is 0.722. The average molecular weight is 223 g/mol. The fraction of sp³-hybridized carbons (Fsp3) is 0.538. The predicted octanol–water partition coefficient (Wildman–Crippen LogP) is 2.51. The van der Waals surface area contributed by atoms with E-state index in [2.05, 4.69) is 6.92 Å². The summed E-state index contributed by atoms with van der Waals surface area (Å²) < 4.78 is 11.0. The molecule has 0 fully saturated rings. The molecule has 0 aromatic heterocycles. The summed E-state index contributed by atoms with van der Waals surface area (Å²) >= 11 is 0. The second-order valence-corrected chi connectivity index (χ2v) is 3.65. The van der Waals surface area contributed by atoms with E-state index in [1.165, 1.54) is 0 Å². The van der Waals surface area contributed by atoms with Crippen LogP contribution in [0.5, 0.6) is 5.75 Å². The van der Waals surface area contributed by atoms with Crippen LogP contribution in [0.2, 0.25) is 0 Å². The van der Waals surface area contributed by atoms with Crippen LogP contribution in [0.15, 0.2) is 24.3 Å². The highest BCUT2D eigenvalue weighted by Gasteiger charge is 2.11. The largest absolute Gasteiger partial charge is 0.494 e. The molecule has 0 aliphatic carbocycles. The first-order chi connectivity index (χ1) is 7.79. The van der Waals surface area contributed by atoms with Gasteiger partial charge in [-0.2, -0.15) is 0 Å². The molecule has 1 unspecified atom stereocenters. The molecule has 0 aliphatic heterocycles. The van der Waals surface area contributed by atoms with Gasteiger partial charge in [-0.05, 0) is 19.4 Å². The van der Waals surface area contributed by atoms with E-state index in [-0.39, 0.29) is 6.04 Å². The van der Waals surface area contributed by atoms with Crippen LogP contribution in [-0.2, 0) is 4.74 Å². The van der Waals surface area contributed by atoms with Gasteiger partial charge < -0.3 is 15.2 Å². The van der Waals surface area contributed by atoms with Crippen LogP contribution in [0.4, 0.5) is 0 Å². The summed E-state index contributed by atoms with van der Waals surface area (Å²) in [5.74, 6) is 0.859. The first-order valence-electron chi connectivity index (χ1n) is 5.84. The van der Waals surface area contributed by atoms with Gasteiger partial charge in [0.25, 0.3) is 0 Å². The lowest BCUT2D eigenvalue weighted by Crippen LogP contribution is -2.18. The average Bonchev–Trinajstić information content (AvgIpc) is 2.30. The normalized spacial score (nSPS) is 12.4. The van der Waals surface area contributed by atoms with Crippen LogP contribution >= 0.6 is 0 Å². The molecule has 0 radical (unpaired) electrons. The summed E-state index contributed by atoms with van der Waals surface area (Å²) in [6, 6.07) is 7.74. The summed E-state index contributed by atoms with van der Waals surface area (Å²) in [4.78, 5) is 0. The SMILES string of the molecule is CCCOCC(N)c1ccccc1OCC. The standard InChI is InChI=1S/C13H21NO2/c1-3-9-15-10-12(14)11-7-5-6-8-13(11)16-4-2/h5-8,12H,3-4,9-10,14H2,1-2H3. The highest BCUT2D eigenvalue weighted by molar-refractivity contribution is 5.35. The maximum atomic E-state index is 6.06. The van der Waals surface area contributed by atoms with Crippen molar-refractivity contribution in [2.75, 3.05) is 19.8 Å². The second kappa shape index (κ2) is 7.25. The number of nitrogens with two attached hydrogens (primary N) is 1. The van der Waals surface area contributed by atoms with E-state index in [1.54, 1.807) is 0 Å². The van der Waals surface area contributed by atoms with Crippen LogP contribution in [-0.4, -0.2) is 19.8 Å². The molecule has 2 N–H and O–H groups in total. The Hall–Kier alpha value is -1.06. The highest BCUT2D eigenvalue weighted by atomic mass is 16.5. The van der Waals surface area contributed by atoms with E-state index in [9.17, 15) is 0 Å². The van der Waals surface area contributed by atoms with Crippen molar-refractivity contribution in [3.63, 3.8) is 0 Å². The summed E-state index contributed by atoms with van der Waals surface area (Å²) in [6.07, 6.45) is 1.01. The lowest BCUT2D eigenvalue weighted by molar-refractivity contribution is 0.121. The minimum absolute atomic E-state index is 0.116. The van der Waals surface area contributed by atoms with Crippen molar-refractivity contribution in [2.45, 2.75) is 26.3 Å². The summed E-state index contributed by atoms with van der Waals surface area (Å²) in [6.45, 7) is 6.00. The third kappa shape index (κ3) is 3.83. The summed E-state index contributed by atoms with van der Waals surface area (Å²) in [7, 11) is 0. The molecule has 0 aliphatic rings. The van der Waals surface area contributed by atoms with Gasteiger partial charge >= 0.3 is 0 Å². The van der Waals surface area contributed by atoms with Gasteiger partial charge in [-0.3, -0.25) is 0 Å². The van der Waals surface area contributed by atoms with Gasteiger partial charge in [0.1, 0.15) is 5.75 Å². The van der Waals surface area contributed by atoms with Crippen LogP contribution in [0.3, 0.4) is 0 Å². The summed E-state index contributed by atoms with van der Waals surface area (Å²) in [5.41, 5.74) is 7.08. The molecule has 0 spiro atoms. The molecular weight excluding hydrogens is 202 g/mol. The number of benzene rings is 1. The van der Waals surface area contributed by atoms with E-state index in [4.69, 9.17) is 15.2 Å². The Morgan fingerprint density at radius 2 is 2.00 bits per heavy atom. The highest BCUT2D eigenvalue weighted by Crippen LogP contribution is 2.23. The Morgan fingerprint density at radius 1 is 1.25 bits per heavy atom. The first kappa shape index (κ1) is 13.0. The van der Waals surface area contributed by atoms with Gasteiger partial charge in [-0.25, -0.2) is 0 Å². The number of hydrogen-bond donors (Lipinski definition) is 1. The Morgan fingerprint density at radius 3 is 2.69 bits per heavy atom. The number of para-hydroxylation sites is 1. The van der Waals surface area contributed by atoms with Gasteiger partial charge in [0.05, 0.1) is 19.3 Å². The zero-order valence-corrected chi connectivity index (χ0v) is 10.1. The third-order valence-electron chi connectivity index (χ3n) is 2.26. The van der Waals surface area contributed by atoms with E-state index < -0.39 is 0 Å². The minimum Gasteiger partial charge on any atom is -0.494 e. The van der Waals surface area contributed by atoms with Crippen LogP contribution in [0.1, 0.15) is 31.9 Å². The number of hydrogen-bond acceptors (Lipinski definition) is 3. The smallest absolute Gasteiger partial charge is 0.124 e. The minimum atomic E-state index is -0.116. The van der Waals surface area contributed by atoms with Crippen LogP contribution in [0.25, 0.3) is 0 Å². The number of ether oxygens (including phenoxy) is 2. The van der Waals surface area contributed by atoms with Crippen molar-refractivity contribution in [1.82, 2.24) is 0 Å². The van der Waals surface area contributed by atoms with Gasteiger partial charge in [-0.15, -0.1) is 0 Å². The first-order valence-corrected chi connectivity index (χ1v) is 5.84. The summed E-state index contributed by atoms with van der Waals surface area (Å²) in [5, 5.41) is 0. The topological polar surface area (TPSA) is 44.5 Å². The molecule has 1 atom stereocenters. The molecule has 1 rings (SSSR count). The molecule has 3 heteroatoms. The second-order valence-electron chi connectivity index (χ2n) is 3.65. The fourth-order valence-corrected chi connectivity index (χ4v) is 1.52. The Bertz CT molecular complexity index is 302. The third-order valence-corrected chi connectivity index (χ3v) is 2.26. The van der Waals surface area contributed by atoms with Crippen molar-refractivity contribution in [2.24, 2.45) is 5.73 Å². The van der Waals surface area contributed by atoms with Gasteiger partial charge in [-0.1, -0.05) is 25.1 Å². The van der Waals surface area contributed by atoms with Crippen LogP contribution < -0.4 is 10.5 Å². The lowest BCUT2D eigenvalue weighted by atomic mass is 10.1. The van der Waals surface area contributed by atoms with Gasteiger partial charge in [0.15, 0.2) is 0 Å². The van der Waals surface area contributed by atoms with Crippen LogP contribution in [0, 0.1) is 0 Å². The van der Waals surface area contributed by atoms with E-state index in [0.717, 1.165) is 24.3 Å². The van der Waals surface area contributed by atoms with Crippen molar-refractivity contribution < 1.29 is 9.47 Å². The van der Waals surface area contributed by atoms with Gasteiger partial charge in [0, 0.05) is 12.2 Å². The van der Waals surface area contributed by atoms with Crippen molar-refractivity contribution in [1.29, 1.82) is 0 Å². The molecular formula is C13H21NO2. The lowest BCUT2D eigenvalue weighted by Gasteiger charge is -2.16. The van der Waals surface area contributed by atoms with Crippen molar-refractivity contribution in [3.8, 4) is 5.75 Å². The molecule has 0 amide bonds. The molecule has 1 aromatic rings. The zero-order chi connectivity index (χ0) is 11.8. The maximum absolute atomic E-state index is 6.06. The fourth-order valence-electron chi connectivity index (χ4n) is 1.52. The molecule has 16 heavy (non-hydrogen) atoms. The molecule has 0 saturated heterocycles. The molecule has 0 saturated carbocycles. The van der Waals surface area contributed by atoms with Crippen molar-refractivity contribution >= 4 is 0 Å². The van der Waals surface area contributed by atoms with Crippen molar-refractivity contribution in [3.05, 3.63) is 29.8 Å². The maximum Gasteiger partial charge on any atom is 0.124 e. The van der Waals surface area contributed by atoms with Gasteiger partial charge in [0.2, 0.25) is 0 Å². The molecule has 0 heterocycles. The predicted molar refractivity (Wildman–Crippen MR) is 65.6 cm³/mol. The van der Waals surface area contributed by atoms with E-state index >= 15 is 0 Å². The zero-order valence-electron chi connectivity index (χ0n) is 10.1. The molecule has 1 aromatic carbocycles. The molecule has 90 valence electrons. The molecule has 3 nitrogen and oxygen atoms in total. The van der Waals surface area contributed by atoms with E-state index in [0.29, 0.717) is 13.2 Å². The monoisotopic (exact) mass is 223 g/mol. The molecule has 0 bridgehead atoms. The number of rotatable bonds is 7.